The summed E-state index contributed by atoms with van der Waals surface area (Å²) in [6.45, 7) is 7.34. The molecule has 0 bridgehead atoms. The van der Waals surface area contributed by atoms with E-state index in [0.29, 0.717) is 0 Å². The second-order valence-corrected chi connectivity index (χ2v) is 4.60. The van der Waals surface area contributed by atoms with E-state index in [1.54, 1.807) is 7.11 Å². The zero-order valence-electron chi connectivity index (χ0n) is 11.4. The Morgan fingerprint density at radius 3 is 2.41 bits per heavy atom. The van der Waals surface area contributed by atoms with E-state index in [9.17, 15) is 0 Å². The molecule has 1 N–H and O–H groups in total. The van der Waals surface area contributed by atoms with Crippen LogP contribution in [-0.2, 0) is 11.3 Å². The summed E-state index contributed by atoms with van der Waals surface area (Å²) < 4.78 is 5.03. The largest absolute Gasteiger partial charge is 0.385 e. The third-order valence-electron chi connectivity index (χ3n) is 3.15. The molecule has 0 aliphatic heterocycles. The highest BCUT2D eigenvalue weighted by Crippen LogP contribution is 2.12. The third kappa shape index (κ3) is 5.33. The van der Waals surface area contributed by atoms with Crippen molar-refractivity contribution >= 4 is 0 Å². The number of hydrogen-bond acceptors (Lipinski definition) is 2. The summed E-state index contributed by atoms with van der Waals surface area (Å²) >= 11 is 0. The lowest BCUT2D eigenvalue weighted by molar-refractivity contribution is 0.192. The van der Waals surface area contributed by atoms with Gasteiger partial charge in [-0.25, -0.2) is 0 Å². The topological polar surface area (TPSA) is 21.3 Å². The van der Waals surface area contributed by atoms with Gasteiger partial charge in [0, 0.05) is 20.3 Å². The average Bonchev–Trinajstić information content (AvgIpc) is 2.31. The molecule has 0 heterocycles. The maximum Gasteiger partial charge on any atom is 0.0462 e. The van der Waals surface area contributed by atoms with E-state index in [1.807, 2.05) is 0 Å². The fourth-order valence-electron chi connectivity index (χ4n) is 2.01. The molecular formula is C15H25NO. The molecular weight excluding hydrogens is 210 g/mol. The molecule has 2 heteroatoms. The van der Waals surface area contributed by atoms with Gasteiger partial charge in [0.05, 0.1) is 0 Å². The summed E-state index contributed by atoms with van der Waals surface area (Å²) in [6, 6.07) is 6.49. The second-order valence-electron chi connectivity index (χ2n) is 4.60. The van der Waals surface area contributed by atoms with E-state index in [0.717, 1.165) is 19.7 Å². The molecule has 0 saturated heterocycles. The molecule has 1 aromatic carbocycles. The second kappa shape index (κ2) is 8.26. The molecule has 2 nitrogen and oxygen atoms in total. The fraction of sp³-hybridized carbons (Fsp3) is 0.600. The Morgan fingerprint density at radius 1 is 1.06 bits per heavy atom. The minimum absolute atomic E-state index is 0.886. The van der Waals surface area contributed by atoms with Crippen molar-refractivity contribution in [2.75, 3.05) is 20.3 Å². The first-order valence-corrected chi connectivity index (χ1v) is 6.50. The van der Waals surface area contributed by atoms with Crippen LogP contribution in [0, 0.1) is 13.8 Å². The Bertz CT molecular complexity index is 302. The van der Waals surface area contributed by atoms with Gasteiger partial charge < -0.3 is 10.1 Å². The lowest BCUT2D eigenvalue weighted by Gasteiger charge is -2.10. The Hall–Kier alpha value is -0.860. The van der Waals surface area contributed by atoms with Gasteiger partial charge in [0.1, 0.15) is 0 Å². The number of aryl methyl sites for hydroxylation is 2. The summed E-state index contributed by atoms with van der Waals surface area (Å²) in [5, 5.41) is 3.52. The average molecular weight is 235 g/mol. The predicted molar refractivity (Wildman–Crippen MR) is 73.3 cm³/mol. The highest BCUT2D eigenvalue weighted by atomic mass is 16.5. The van der Waals surface area contributed by atoms with E-state index in [4.69, 9.17) is 4.74 Å². The molecule has 96 valence electrons. The number of benzene rings is 1. The van der Waals surface area contributed by atoms with Gasteiger partial charge in [-0.3, -0.25) is 0 Å². The van der Waals surface area contributed by atoms with Gasteiger partial charge in [-0.2, -0.15) is 0 Å². The van der Waals surface area contributed by atoms with Crippen molar-refractivity contribution in [3.05, 3.63) is 34.9 Å². The highest BCUT2D eigenvalue weighted by Gasteiger charge is 2.00. The van der Waals surface area contributed by atoms with Gasteiger partial charge in [-0.05, 0) is 56.3 Å². The molecule has 0 atom stereocenters. The van der Waals surface area contributed by atoms with Crippen molar-refractivity contribution in [2.45, 2.75) is 39.7 Å². The summed E-state index contributed by atoms with van der Waals surface area (Å²) in [5.74, 6) is 0. The molecule has 0 aromatic heterocycles. The standard InChI is InChI=1S/C15H25NO/c1-13-8-7-9-14(2)15(13)12-16-10-5-4-6-11-17-3/h7-9,16H,4-6,10-12H2,1-3H3. The van der Waals surface area contributed by atoms with Crippen molar-refractivity contribution in [3.8, 4) is 0 Å². The van der Waals surface area contributed by atoms with Crippen LogP contribution in [-0.4, -0.2) is 20.3 Å². The number of unbranched alkanes of at least 4 members (excludes halogenated alkanes) is 2. The van der Waals surface area contributed by atoms with Crippen molar-refractivity contribution in [3.63, 3.8) is 0 Å². The van der Waals surface area contributed by atoms with E-state index >= 15 is 0 Å². The van der Waals surface area contributed by atoms with Crippen molar-refractivity contribution in [2.24, 2.45) is 0 Å². The monoisotopic (exact) mass is 235 g/mol. The van der Waals surface area contributed by atoms with Crippen LogP contribution in [0.5, 0.6) is 0 Å². The number of rotatable bonds is 8. The number of methoxy groups -OCH3 is 1. The van der Waals surface area contributed by atoms with Crippen molar-refractivity contribution in [1.82, 2.24) is 5.32 Å². The molecule has 0 amide bonds. The lowest BCUT2D eigenvalue weighted by atomic mass is 10.0. The van der Waals surface area contributed by atoms with Gasteiger partial charge in [0.25, 0.3) is 0 Å². The van der Waals surface area contributed by atoms with E-state index < -0.39 is 0 Å². The number of nitrogens with one attached hydrogen (secondary N) is 1. The fourth-order valence-corrected chi connectivity index (χ4v) is 2.01. The normalized spacial score (nSPS) is 10.8. The van der Waals surface area contributed by atoms with Crippen LogP contribution in [0.2, 0.25) is 0 Å². The number of ether oxygens (including phenoxy) is 1. The SMILES string of the molecule is COCCCCCNCc1c(C)cccc1C. The Kier molecular flexibility index (Phi) is 6.90. The summed E-state index contributed by atoms with van der Waals surface area (Å²) in [7, 11) is 1.76. The Balaban J connectivity index is 2.18. The minimum Gasteiger partial charge on any atom is -0.385 e. The Morgan fingerprint density at radius 2 is 1.76 bits per heavy atom. The molecule has 0 saturated carbocycles. The summed E-state index contributed by atoms with van der Waals surface area (Å²) in [5.41, 5.74) is 4.22. The van der Waals surface area contributed by atoms with Crippen LogP contribution < -0.4 is 5.32 Å². The van der Waals surface area contributed by atoms with Gasteiger partial charge in [0.2, 0.25) is 0 Å². The smallest absolute Gasteiger partial charge is 0.0462 e. The molecule has 0 spiro atoms. The van der Waals surface area contributed by atoms with Crippen molar-refractivity contribution < 1.29 is 4.74 Å². The van der Waals surface area contributed by atoms with Crippen LogP contribution in [0.25, 0.3) is 0 Å². The van der Waals surface area contributed by atoms with Gasteiger partial charge in [-0.15, -0.1) is 0 Å². The van der Waals surface area contributed by atoms with Crippen LogP contribution in [0.1, 0.15) is 36.0 Å². The lowest BCUT2D eigenvalue weighted by Crippen LogP contribution is -2.16. The molecule has 17 heavy (non-hydrogen) atoms. The first kappa shape index (κ1) is 14.2. The molecule has 0 fully saturated rings. The van der Waals surface area contributed by atoms with E-state index in [-0.39, 0.29) is 0 Å². The molecule has 0 aliphatic rings. The predicted octanol–water partition coefficient (Wildman–Crippen LogP) is 3.21. The first-order chi connectivity index (χ1) is 8.25. The van der Waals surface area contributed by atoms with Crippen molar-refractivity contribution in [1.29, 1.82) is 0 Å². The quantitative estimate of drug-likeness (QED) is 0.699. The van der Waals surface area contributed by atoms with E-state index in [1.165, 1.54) is 36.0 Å². The minimum atomic E-state index is 0.886. The van der Waals surface area contributed by atoms with Crippen LogP contribution >= 0.6 is 0 Å². The summed E-state index contributed by atoms with van der Waals surface area (Å²) in [4.78, 5) is 0. The maximum absolute atomic E-state index is 5.03. The molecule has 0 radical (unpaired) electrons. The Labute approximate surface area is 105 Å². The van der Waals surface area contributed by atoms with Gasteiger partial charge in [0.15, 0.2) is 0 Å². The molecule has 0 unspecified atom stereocenters. The molecule has 1 rings (SSSR count). The summed E-state index contributed by atoms with van der Waals surface area (Å²) in [6.07, 6.45) is 3.64. The van der Waals surface area contributed by atoms with Crippen LogP contribution in [0.3, 0.4) is 0 Å². The van der Waals surface area contributed by atoms with Gasteiger partial charge >= 0.3 is 0 Å². The molecule has 0 aliphatic carbocycles. The number of hydrogen-bond donors (Lipinski definition) is 1. The third-order valence-corrected chi connectivity index (χ3v) is 3.15. The maximum atomic E-state index is 5.03. The zero-order valence-corrected chi connectivity index (χ0v) is 11.4. The molecule has 1 aromatic rings. The van der Waals surface area contributed by atoms with Gasteiger partial charge in [-0.1, -0.05) is 18.2 Å². The van der Waals surface area contributed by atoms with E-state index in [2.05, 4.69) is 37.4 Å². The highest BCUT2D eigenvalue weighted by molar-refractivity contribution is 5.33. The zero-order chi connectivity index (χ0) is 12.5. The first-order valence-electron chi connectivity index (χ1n) is 6.50. The van der Waals surface area contributed by atoms with Crippen LogP contribution in [0.15, 0.2) is 18.2 Å². The van der Waals surface area contributed by atoms with Crippen LogP contribution in [0.4, 0.5) is 0 Å².